The van der Waals surface area contributed by atoms with Crippen molar-refractivity contribution in [2.45, 2.75) is 38.2 Å². The van der Waals surface area contributed by atoms with Crippen LogP contribution in [-0.2, 0) is 11.2 Å². The van der Waals surface area contributed by atoms with E-state index in [4.69, 9.17) is 16.3 Å². The van der Waals surface area contributed by atoms with E-state index in [-0.39, 0.29) is 5.91 Å². The maximum Gasteiger partial charge on any atom is 0.222 e. The molecule has 1 aromatic rings. The van der Waals surface area contributed by atoms with Crippen LogP contribution in [0, 0.1) is 0 Å². The fourth-order valence-corrected chi connectivity index (χ4v) is 2.99. The van der Waals surface area contributed by atoms with Gasteiger partial charge >= 0.3 is 0 Å². The molecule has 1 heterocycles. The monoisotopic (exact) mass is 311 g/mol. The van der Waals surface area contributed by atoms with Gasteiger partial charge in [-0.2, -0.15) is 0 Å². The first-order valence-corrected chi connectivity index (χ1v) is 7.62. The summed E-state index contributed by atoms with van der Waals surface area (Å²) in [6, 6.07) is 5.57. The van der Waals surface area contributed by atoms with E-state index in [1.165, 1.54) is 0 Å². The fourth-order valence-electron chi connectivity index (χ4n) is 2.71. The van der Waals surface area contributed by atoms with E-state index < -0.39 is 5.60 Å². The van der Waals surface area contributed by atoms with Gasteiger partial charge in [-0.25, -0.2) is 0 Å². The van der Waals surface area contributed by atoms with Crippen LogP contribution in [0.5, 0.6) is 5.75 Å². The van der Waals surface area contributed by atoms with Gasteiger partial charge in [0.1, 0.15) is 5.75 Å². The van der Waals surface area contributed by atoms with Crippen molar-refractivity contribution < 1.29 is 14.6 Å². The highest BCUT2D eigenvalue weighted by Crippen LogP contribution is 2.26. The van der Waals surface area contributed by atoms with Crippen molar-refractivity contribution in [1.82, 2.24) is 4.90 Å². The van der Waals surface area contributed by atoms with E-state index in [0.717, 1.165) is 24.9 Å². The Morgan fingerprint density at radius 1 is 1.52 bits per heavy atom. The standard InChI is InChI=1S/C16H22ClNO3/c1-16(20)8-3-9-18(11-16)15(19)7-5-12-4-6-14(21-2)13(17)10-12/h4,6,10,20H,3,5,7-9,11H2,1-2H3. The number of methoxy groups -OCH3 is 1. The van der Waals surface area contributed by atoms with E-state index in [1.807, 2.05) is 18.2 Å². The molecule has 1 fully saturated rings. The van der Waals surface area contributed by atoms with Crippen molar-refractivity contribution in [3.05, 3.63) is 28.8 Å². The lowest BCUT2D eigenvalue weighted by Crippen LogP contribution is -2.48. The number of carbonyl (C=O) groups excluding carboxylic acids is 1. The molecule has 1 aromatic carbocycles. The van der Waals surface area contributed by atoms with Gasteiger partial charge in [0.2, 0.25) is 5.91 Å². The number of likely N-dealkylation sites (tertiary alicyclic amines) is 1. The molecule has 0 aliphatic carbocycles. The number of piperidine rings is 1. The highest BCUT2D eigenvalue weighted by atomic mass is 35.5. The third kappa shape index (κ3) is 4.35. The first-order valence-electron chi connectivity index (χ1n) is 7.24. The molecule has 1 saturated heterocycles. The minimum Gasteiger partial charge on any atom is -0.495 e. The van der Waals surface area contributed by atoms with Crippen LogP contribution in [0.25, 0.3) is 0 Å². The molecule has 1 amide bonds. The molecule has 4 nitrogen and oxygen atoms in total. The van der Waals surface area contributed by atoms with Gasteiger partial charge in [-0.05, 0) is 43.9 Å². The summed E-state index contributed by atoms with van der Waals surface area (Å²) in [5.41, 5.74) is 0.259. The zero-order valence-electron chi connectivity index (χ0n) is 12.6. The molecule has 116 valence electrons. The summed E-state index contributed by atoms with van der Waals surface area (Å²) in [7, 11) is 1.58. The molecular weight excluding hydrogens is 290 g/mol. The predicted molar refractivity (Wildman–Crippen MR) is 82.8 cm³/mol. The molecule has 0 bridgehead atoms. The summed E-state index contributed by atoms with van der Waals surface area (Å²) in [6.45, 7) is 2.95. The van der Waals surface area contributed by atoms with Crippen molar-refractivity contribution in [1.29, 1.82) is 0 Å². The minimum atomic E-state index is -0.753. The molecule has 1 unspecified atom stereocenters. The lowest BCUT2D eigenvalue weighted by molar-refractivity contribution is -0.137. The normalized spacial score (nSPS) is 22.2. The number of halogens is 1. The summed E-state index contributed by atoms with van der Waals surface area (Å²) < 4.78 is 5.11. The third-order valence-electron chi connectivity index (χ3n) is 3.87. The summed E-state index contributed by atoms with van der Waals surface area (Å²) in [6.07, 6.45) is 2.68. The highest BCUT2D eigenvalue weighted by molar-refractivity contribution is 6.32. The first-order chi connectivity index (χ1) is 9.91. The Morgan fingerprint density at radius 2 is 2.29 bits per heavy atom. The average molecular weight is 312 g/mol. The Morgan fingerprint density at radius 3 is 2.90 bits per heavy atom. The van der Waals surface area contributed by atoms with E-state index in [2.05, 4.69) is 0 Å². The van der Waals surface area contributed by atoms with E-state index >= 15 is 0 Å². The molecule has 0 saturated carbocycles. The number of β-amino-alcohol motifs (C(OH)–C–C–N with tert-alkyl or cyclic N) is 1. The quantitative estimate of drug-likeness (QED) is 0.930. The van der Waals surface area contributed by atoms with Crippen LogP contribution in [-0.4, -0.2) is 41.7 Å². The summed E-state index contributed by atoms with van der Waals surface area (Å²) in [4.78, 5) is 14.0. The number of carbonyl (C=O) groups is 1. The van der Waals surface area contributed by atoms with E-state index in [0.29, 0.717) is 30.2 Å². The van der Waals surface area contributed by atoms with Gasteiger partial charge in [0, 0.05) is 19.5 Å². The SMILES string of the molecule is COc1ccc(CCC(=O)N2CCCC(C)(O)C2)cc1Cl. The highest BCUT2D eigenvalue weighted by Gasteiger charge is 2.30. The molecule has 0 aromatic heterocycles. The number of nitrogens with zero attached hydrogens (tertiary/aromatic N) is 1. The van der Waals surface area contributed by atoms with Gasteiger partial charge in [-0.1, -0.05) is 17.7 Å². The molecule has 0 radical (unpaired) electrons. The molecule has 1 aliphatic rings. The molecule has 2 rings (SSSR count). The zero-order valence-corrected chi connectivity index (χ0v) is 13.3. The second-order valence-corrected chi connectivity index (χ2v) is 6.29. The summed E-state index contributed by atoms with van der Waals surface area (Å²) in [5, 5.41) is 10.6. The number of rotatable bonds is 4. The number of hydrogen-bond donors (Lipinski definition) is 1. The second-order valence-electron chi connectivity index (χ2n) is 5.88. The van der Waals surface area contributed by atoms with Crippen molar-refractivity contribution >= 4 is 17.5 Å². The molecule has 21 heavy (non-hydrogen) atoms. The van der Waals surface area contributed by atoms with Gasteiger partial charge in [0.15, 0.2) is 0 Å². The zero-order chi connectivity index (χ0) is 15.5. The van der Waals surface area contributed by atoms with Crippen LogP contribution in [0.3, 0.4) is 0 Å². The Kier molecular flexibility index (Phi) is 5.12. The molecule has 1 atom stereocenters. The van der Waals surface area contributed by atoms with Crippen molar-refractivity contribution in [3.8, 4) is 5.75 Å². The molecule has 0 spiro atoms. The van der Waals surface area contributed by atoms with Crippen molar-refractivity contribution in [3.63, 3.8) is 0 Å². The van der Waals surface area contributed by atoms with Gasteiger partial charge < -0.3 is 14.7 Å². The number of aliphatic hydroxyl groups is 1. The first kappa shape index (κ1) is 16.1. The van der Waals surface area contributed by atoms with Gasteiger partial charge in [-0.3, -0.25) is 4.79 Å². The Labute approximate surface area is 130 Å². The minimum absolute atomic E-state index is 0.0851. The average Bonchev–Trinajstić information content (AvgIpc) is 2.43. The smallest absolute Gasteiger partial charge is 0.222 e. The number of aryl methyl sites for hydroxylation is 1. The Hall–Kier alpha value is -1.26. The number of amides is 1. The van der Waals surface area contributed by atoms with Crippen molar-refractivity contribution in [2.75, 3.05) is 20.2 Å². The fraction of sp³-hybridized carbons (Fsp3) is 0.562. The van der Waals surface area contributed by atoms with Crippen LogP contribution < -0.4 is 4.74 Å². The van der Waals surface area contributed by atoms with Crippen LogP contribution in [0.15, 0.2) is 18.2 Å². The second kappa shape index (κ2) is 6.67. The van der Waals surface area contributed by atoms with Crippen LogP contribution >= 0.6 is 11.6 Å². The lowest BCUT2D eigenvalue weighted by atomic mass is 9.95. The third-order valence-corrected chi connectivity index (χ3v) is 4.17. The largest absolute Gasteiger partial charge is 0.495 e. The van der Waals surface area contributed by atoms with Crippen LogP contribution in [0.4, 0.5) is 0 Å². The molecule has 1 aliphatic heterocycles. The van der Waals surface area contributed by atoms with Gasteiger partial charge in [-0.15, -0.1) is 0 Å². The number of benzene rings is 1. The molecular formula is C16H22ClNO3. The topological polar surface area (TPSA) is 49.8 Å². The Bertz CT molecular complexity index is 516. The number of hydrogen-bond acceptors (Lipinski definition) is 3. The van der Waals surface area contributed by atoms with Gasteiger partial charge in [0.05, 0.1) is 17.7 Å². The predicted octanol–water partition coefficient (Wildman–Crippen LogP) is 2.65. The van der Waals surface area contributed by atoms with E-state index in [1.54, 1.807) is 18.9 Å². The molecule has 1 N–H and O–H groups in total. The van der Waals surface area contributed by atoms with Crippen LogP contribution in [0.1, 0.15) is 31.7 Å². The maximum atomic E-state index is 12.2. The van der Waals surface area contributed by atoms with E-state index in [9.17, 15) is 9.90 Å². The number of ether oxygens (including phenoxy) is 1. The summed E-state index contributed by atoms with van der Waals surface area (Å²) in [5.74, 6) is 0.723. The Balaban J connectivity index is 1.90. The van der Waals surface area contributed by atoms with Crippen molar-refractivity contribution in [2.24, 2.45) is 0 Å². The molecule has 5 heteroatoms. The summed E-state index contributed by atoms with van der Waals surface area (Å²) >= 11 is 6.08. The maximum absolute atomic E-state index is 12.2. The van der Waals surface area contributed by atoms with Gasteiger partial charge in [0.25, 0.3) is 0 Å². The lowest BCUT2D eigenvalue weighted by Gasteiger charge is -2.36. The van der Waals surface area contributed by atoms with Crippen LogP contribution in [0.2, 0.25) is 5.02 Å².